The molecule has 0 saturated carbocycles. The molecule has 0 amide bonds. The molecule has 21 heavy (non-hydrogen) atoms. The highest BCUT2D eigenvalue weighted by molar-refractivity contribution is 5.33. The number of hydrogen-bond donors (Lipinski definition) is 1. The summed E-state index contributed by atoms with van der Waals surface area (Å²) in [4.78, 5) is 2.56. The van der Waals surface area contributed by atoms with E-state index < -0.39 is 0 Å². The standard InChI is InChI=1S/C17H24N4/c18-9-8-15-3-1-11-20(13-15)14-16-4-6-17(7-5-16)21-12-2-10-19-21/h2,4-7,10,12,15H,1,3,8-9,11,13-14,18H2. The van der Waals surface area contributed by atoms with Crippen molar-refractivity contribution in [3.8, 4) is 5.69 Å². The molecule has 1 atom stereocenters. The summed E-state index contributed by atoms with van der Waals surface area (Å²) in [7, 11) is 0. The molecule has 0 spiro atoms. The van der Waals surface area contributed by atoms with Gasteiger partial charge in [-0.25, -0.2) is 4.68 Å². The molecule has 0 bridgehead atoms. The van der Waals surface area contributed by atoms with Crippen LogP contribution in [-0.2, 0) is 6.54 Å². The van der Waals surface area contributed by atoms with Crippen LogP contribution >= 0.6 is 0 Å². The summed E-state index contributed by atoms with van der Waals surface area (Å²) >= 11 is 0. The summed E-state index contributed by atoms with van der Waals surface area (Å²) in [5, 5.41) is 4.26. The predicted octanol–water partition coefficient (Wildman–Crippen LogP) is 2.43. The minimum absolute atomic E-state index is 0.784. The van der Waals surface area contributed by atoms with E-state index in [0.29, 0.717) is 0 Å². The second-order valence-electron chi connectivity index (χ2n) is 5.94. The molecule has 1 aromatic carbocycles. The quantitative estimate of drug-likeness (QED) is 0.917. The lowest BCUT2D eigenvalue weighted by atomic mass is 9.94. The lowest BCUT2D eigenvalue weighted by Crippen LogP contribution is -2.35. The zero-order valence-electron chi connectivity index (χ0n) is 12.5. The molecule has 2 heterocycles. The zero-order chi connectivity index (χ0) is 14.5. The molecule has 1 unspecified atom stereocenters. The van der Waals surface area contributed by atoms with Crippen LogP contribution < -0.4 is 5.73 Å². The second kappa shape index (κ2) is 6.87. The van der Waals surface area contributed by atoms with Gasteiger partial charge in [0.1, 0.15) is 0 Å². The van der Waals surface area contributed by atoms with Crippen LogP contribution in [0.5, 0.6) is 0 Å². The van der Waals surface area contributed by atoms with Crippen molar-refractivity contribution in [2.24, 2.45) is 11.7 Å². The molecule has 112 valence electrons. The third-order valence-electron chi connectivity index (χ3n) is 4.29. The Morgan fingerprint density at radius 1 is 1.24 bits per heavy atom. The minimum Gasteiger partial charge on any atom is -0.330 e. The average molecular weight is 284 g/mol. The maximum atomic E-state index is 5.69. The van der Waals surface area contributed by atoms with Crippen molar-refractivity contribution < 1.29 is 0 Å². The Labute approximate surface area is 126 Å². The Morgan fingerprint density at radius 2 is 2.10 bits per heavy atom. The Balaban J connectivity index is 1.60. The fourth-order valence-electron chi connectivity index (χ4n) is 3.20. The van der Waals surface area contributed by atoms with Gasteiger partial charge in [0.05, 0.1) is 5.69 Å². The first-order chi connectivity index (χ1) is 10.3. The number of hydrogen-bond acceptors (Lipinski definition) is 3. The average Bonchev–Trinajstić information content (AvgIpc) is 3.03. The molecule has 1 saturated heterocycles. The third kappa shape index (κ3) is 3.71. The van der Waals surface area contributed by atoms with Crippen molar-refractivity contribution >= 4 is 0 Å². The monoisotopic (exact) mass is 284 g/mol. The van der Waals surface area contributed by atoms with E-state index in [4.69, 9.17) is 5.73 Å². The molecule has 4 heteroatoms. The first-order valence-electron chi connectivity index (χ1n) is 7.86. The summed E-state index contributed by atoms with van der Waals surface area (Å²) in [5.74, 6) is 0.784. The van der Waals surface area contributed by atoms with E-state index in [1.165, 1.54) is 31.5 Å². The van der Waals surface area contributed by atoms with Crippen LogP contribution in [0.1, 0.15) is 24.8 Å². The Kier molecular flexibility index (Phi) is 4.68. The van der Waals surface area contributed by atoms with E-state index in [9.17, 15) is 0 Å². The number of nitrogens with two attached hydrogens (primary N) is 1. The highest BCUT2D eigenvalue weighted by atomic mass is 15.3. The third-order valence-corrected chi connectivity index (χ3v) is 4.29. The number of rotatable bonds is 5. The van der Waals surface area contributed by atoms with Crippen LogP contribution in [0.2, 0.25) is 0 Å². The molecular weight excluding hydrogens is 260 g/mol. The topological polar surface area (TPSA) is 47.1 Å². The molecule has 2 aromatic rings. The Bertz CT molecular complexity index is 530. The highest BCUT2D eigenvalue weighted by Gasteiger charge is 2.19. The molecule has 0 radical (unpaired) electrons. The van der Waals surface area contributed by atoms with Crippen molar-refractivity contribution in [3.05, 3.63) is 48.3 Å². The van der Waals surface area contributed by atoms with Gasteiger partial charge in [0.15, 0.2) is 0 Å². The van der Waals surface area contributed by atoms with Crippen LogP contribution in [0.25, 0.3) is 5.69 Å². The molecular formula is C17H24N4. The van der Waals surface area contributed by atoms with Gasteiger partial charge >= 0.3 is 0 Å². The van der Waals surface area contributed by atoms with Gasteiger partial charge in [0.25, 0.3) is 0 Å². The van der Waals surface area contributed by atoms with Gasteiger partial charge in [-0.1, -0.05) is 12.1 Å². The van der Waals surface area contributed by atoms with Crippen molar-refractivity contribution in [1.29, 1.82) is 0 Å². The van der Waals surface area contributed by atoms with Gasteiger partial charge in [-0.3, -0.25) is 4.90 Å². The summed E-state index contributed by atoms with van der Waals surface area (Å²) in [6.07, 6.45) is 7.58. The Morgan fingerprint density at radius 3 is 2.81 bits per heavy atom. The fourth-order valence-corrected chi connectivity index (χ4v) is 3.20. The molecule has 1 aliphatic rings. The van der Waals surface area contributed by atoms with E-state index >= 15 is 0 Å². The number of aromatic nitrogens is 2. The highest BCUT2D eigenvalue weighted by Crippen LogP contribution is 2.21. The van der Waals surface area contributed by atoms with E-state index in [-0.39, 0.29) is 0 Å². The van der Waals surface area contributed by atoms with Crippen LogP contribution in [0, 0.1) is 5.92 Å². The van der Waals surface area contributed by atoms with Crippen LogP contribution in [0.15, 0.2) is 42.7 Å². The summed E-state index contributed by atoms with van der Waals surface area (Å²) in [5.41, 5.74) is 8.18. The van der Waals surface area contributed by atoms with Gasteiger partial charge < -0.3 is 5.73 Å². The van der Waals surface area contributed by atoms with E-state index in [2.05, 4.69) is 34.3 Å². The fraction of sp³-hybridized carbons (Fsp3) is 0.471. The van der Waals surface area contributed by atoms with Crippen molar-refractivity contribution in [3.63, 3.8) is 0 Å². The maximum Gasteiger partial charge on any atom is 0.0645 e. The van der Waals surface area contributed by atoms with E-state index in [0.717, 1.165) is 31.1 Å². The molecule has 2 N–H and O–H groups in total. The van der Waals surface area contributed by atoms with Crippen LogP contribution in [-0.4, -0.2) is 34.3 Å². The molecule has 4 nitrogen and oxygen atoms in total. The van der Waals surface area contributed by atoms with Gasteiger partial charge in [-0.15, -0.1) is 0 Å². The number of piperidine rings is 1. The summed E-state index contributed by atoms with van der Waals surface area (Å²) in [6.45, 7) is 4.26. The lowest BCUT2D eigenvalue weighted by Gasteiger charge is -2.32. The van der Waals surface area contributed by atoms with Crippen molar-refractivity contribution in [1.82, 2.24) is 14.7 Å². The zero-order valence-corrected chi connectivity index (χ0v) is 12.5. The summed E-state index contributed by atoms with van der Waals surface area (Å²) < 4.78 is 1.89. The largest absolute Gasteiger partial charge is 0.330 e. The van der Waals surface area contributed by atoms with E-state index in [1.54, 1.807) is 6.20 Å². The first kappa shape index (κ1) is 14.3. The van der Waals surface area contributed by atoms with Crippen LogP contribution in [0.4, 0.5) is 0 Å². The van der Waals surface area contributed by atoms with Gasteiger partial charge in [0.2, 0.25) is 0 Å². The van der Waals surface area contributed by atoms with Crippen molar-refractivity contribution in [2.45, 2.75) is 25.8 Å². The second-order valence-corrected chi connectivity index (χ2v) is 5.94. The molecule has 1 fully saturated rings. The molecule has 1 aliphatic heterocycles. The van der Waals surface area contributed by atoms with Gasteiger partial charge in [-0.05, 0) is 62.0 Å². The lowest BCUT2D eigenvalue weighted by molar-refractivity contribution is 0.163. The first-order valence-corrected chi connectivity index (χ1v) is 7.86. The van der Waals surface area contributed by atoms with Crippen LogP contribution in [0.3, 0.4) is 0 Å². The molecule has 3 rings (SSSR count). The van der Waals surface area contributed by atoms with Gasteiger partial charge in [-0.2, -0.15) is 5.10 Å². The SMILES string of the molecule is NCCC1CCCN(Cc2ccc(-n3cccn3)cc2)C1. The normalized spacial score (nSPS) is 19.8. The summed E-state index contributed by atoms with van der Waals surface area (Å²) in [6, 6.07) is 10.7. The number of nitrogens with zero attached hydrogens (tertiary/aromatic N) is 3. The number of benzene rings is 1. The molecule has 0 aliphatic carbocycles. The minimum atomic E-state index is 0.784. The Hall–Kier alpha value is -1.65. The van der Waals surface area contributed by atoms with E-state index in [1.807, 2.05) is 16.9 Å². The van der Waals surface area contributed by atoms with Crippen molar-refractivity contribution in [2.75, 3.05) is 19.6 Å². The molecule has 1 aromatic heterocycles. The van der Waals surface area contributed by atoms with Gasteiger partial charge in [0, 0.05) is 25.5 Å². The maximum absolute atomic E-state index is 5.69. The predicted molar refractivity (Wildman–Crippen MR) is 85.2 cm³/mol. The number of likely N-dealkylation sites (tertiary alicyclic amines) is 1. The smallest absolute Gasteiger partial charge is 0.0645 e.